The Balaban J connectivity index is 1.18. The third-order valence-corrected chi connectivity index (χ3v) is 10.6. The molecule has 6 aliphatic rings. The Morgan fingerprint density at radius 2 is 1.65 bits per heavy atom. The Labute approximate surface area is 190 Å². The van der Waals surface area contributed by atoms with Gasteiger partial charge in [0.25, 0.3) is 0 Å². The molecule has 5 unspecified atom stereocenters. The molecule has 6 saturated heterocycles. The minimum absolute atomic E-state index is 0.496. The summed E-state index contributed by atoms with van der Waals surface area (Å²) in [4.78, 5) is 11.0. The second kappa shape index (κ2) is 7.64. The van der Waals surface area contributed by atoms with Gasteiger partial charge in [0.05, 0.1) is 6.17 Å². The third-order valence-electron chi connectivity index (χ3n) is 10.6. The van der Waals surface area contributed by atoms with Crippen LogP contribution in [-0.2, 0) is 0 Å². The van der Waals surface area contributed by atoms with Gasteiger partial charge in [-0.25, -0.2) is 0 Å². The summed E-state index contributed by atoms with van der Waals surface area (Å²) >= 11 is 0. The normalized spacial score (nSPS) is 47.1. The van der Waals surface area contributed by atoms with Crippen LogP contribution in [0.15, 0.2) is 0 Å². The van der Waals surface area contributed by atoms with E-state index < -0.39 is 0 Å². The molecule has 0 bridgehead atoms. The van der Waals surface area contributed by atoms with Gasteiger partial charge in [0.2, 0.25) is 0 Å². The van der Waals surface area contributed by atoms with Gasteiger partial charge in [0.1, 0.15) is 0 Å². The van der Waals surface area contributed by atoms with Crippen molar-refractivity contribution < 1.29 is 0 Å². The first-order valence-electron chi connectivity index (χ1n) is 13.2. The Kier molecular flexibility index (Phi) is 5.25. The molecule has 6 rings (SSSR count). The molecule has 6 heteroatoms. The van der Waals surface area contributed by atoms with E-state index in [4.69, 9.17) is 0 Å². The van der Waals surface area contributed by atoms with Gasteiger partial charge in [-0.1, -0.05) is 0 Å². The molecule has 6 heterocycles. The first kappa shape index (κ1) is 21.3. The van der Waals surface area contributed by atoms with Crippen LogP contribution >= 0.6 is 0 Å². The number of piperidine rings is 2. The summed E-state index contributed by atoms with van der Waals surface area (Å²) in [5.41, 5.74) is 1.61. The maximum Gasteiger partial charge on any atom is 0.0691 e. The summed E-state index contributed by atoms with van der Waals surface area (Å²) in [5.74, 6) is 0.832. The van der Waals surface area contributed by atoms with E-state index >= 15 is 0 Å². The van der Waals surface area contributed by atoms with Gasteiger partial charge in [-0.15, -0.1) is 0 Å². The van der Waals surface area contributed by atoms with Crippen LogP contribution in [0.5, 0.6) is 0 Å². The zero-order valence-corrected chi connectivity index (χ0v) is 20.3. The standard InChI is InChI=1S/C25H46N6/c1-28-18-25(19-28)6-10-26-14-20(25)21-13-23(16-30(21)3)7-12-31(17-23)22-24(8-11-29(22)2)5-4-9-27-15-24/h20-22,26-27H,4-19H2,1-3H3. The highest BCUT2D eigenvalue weighted by Crippen LogP contribution is 2.53. The molecular weight excluding hydrogens is 384 g/mol. The maximum absolute atomic E-state index is 3.78. The van der Waals surface area contributed by atoms with Crippen molar-refractivity contribution >= 4 is 0 Å². The van der Waals surface area contributed by atoms with Crippen molar-refractivity contribution in [2.75, 3.05) is 86.6 Å². The highest BCUT2D eigenvalue weighted by atomic mass is 15.4. The summed E-state index contributed by atoms with van der Waals surface area (Å²) in [6, 6.07) is 0.771. The lowest BCUT2D eigenvalue weighted by Crippen LogP contribution is -2.66. The fourth-order valence-corrected chi connectivity index (χ4v) is 9.41. The minimum atomic E-state index is 0.496. The number of rotatable bonds is 2. The zero-order chi connectivity index (χ0) is 21.3. The van der Waals surface area contributed by atoms with Crippen LogP contribution in [0.1, 0.15) is 38.5 Å². The number of nitrogens with zero attached hydrogens (tertiary/aromatic N) is 4. The monoisotopic (exact) mass is 430 g/mol. The van der Waals surface area contributed by atoms with E-state index in [0.29, 0.717) is 22.4 Å². The minimum Gasteiger partial charge on any atom is -0.316 e. The molecule has 5 atom stereocenters. The van der Waals surface area contributed by atoms with Crippen molar-refractivity contribution in [3.8, 4) is 0 Å². The van der Waals surface area contributed by atoms with Crippen LogP contribution in [0.25, 0.3) is 0 Å². The van der Waals surface area contributed by atoms with E-state index in [1.54, 1.807) is 0 Å². The molecule has 176 valence electrons. The summed E-state index contributed by atoms with van der Waals surface area (Å²) in [6.07, 6.45) is 9.05. The average molecular weight is 431 g/mol. The molecule has 0 radical (unpaired) electrons. The first-order chi connectivity index (χ1) is 14.9. The first-order valence-corrected chi connectivity index (χ1v) is 13.2. The Morgan fingerprint density at radius 1 is 0.774 bits per heavy atom. The molecular formula is C25H46N6. The summed E-state index contributed by atoms with van der Waals surface area (Å²) in [5, 5.41) is 7.54. The highest BCUT2D eigenvalue weighted by molar-refractivity contribution is 5.12. The molecule has 0 aromatic rings. The fraction of sp³-hybridized carbons (Fsp3) is 1.00. The molecule has 0 amide bonds. The quantitative estimate of drug-likeness (QED) is 0.680. The number of nitrogens with one attached hydrogen (secondary N) is 2. The number of likely N-dealkylation sites (tertiary alicyclic amines) is 4. The van der Waals surface area contributed by atoms with Crippen LogP contribution in [0, 0.1) is 22.2 Å². The van der Waals surface area contributed by atoms with Crippen molar-refractivity contribution in [3.05, 3.63) is 0 Å². The van der Waals surface area contributed by atoms with Crippen LogP contribution < -0.4 is 10.6 Å². The summed E-state index contributed by atoms with van der Waals surface area (Å²) in [7, 11) is 7.15. The van der Waals surface area contributed by atoms with E-state index in [2.05, 4.69) is 51.4 Å². The van der Waals surface area contributed by atoms with Crippen molar-refractivity contribution in [1.82, 2.24) is 30.2 Å². The molecule has 6 fully saturated rings. The summed E-state index contributed by atoms with van der Waals surface area (Å²) < 4.78 is 0. The van der Waals surface area contributed by atoms with E-state index in [1.807, 2.05) is 0 Å². The maximum atomic E-state index is 3.78. The van der Waals surface area contributed by atoms with Crippen molar-refractivity contribution in [2.24, 2.45) is 22.2 Å². The molecule has 31 heavy (non-hydrogen) atoms. The molecule has 0 aromatic heterocycles. The lowest BCUT2D eigenvalue weighted by atomic mass is 9.62. The van der Waals surface area contributed by atoms with Crippen LogP contribution in [0.3, 0.4) is 0 Å². The van der Waals surface area contributed by atoms with Gasteiger partial charge >= 0.3 is 0 Å². The fourth-order valence-electron chi connectivity index (χ4n) is 9.41. The van der Waals surface area contributed by atoms with Gasteiger partial charge < -0.3 is 20.4 Å². The predicted octanol–water partition coefficient (Wildman–Crippen LogP) is 0.955. The number of hydrogen-bond donors (Lipinski definition) is 2. The summed E-state index contributed by atoms with van der Waals surface area (Å²) in [6.45, 7) is 12.8. The second-order valence-corrected chi connectivity index (χ2v) is 12.7. The largest absolute Gasteiger partial charge is 0.316 e. The van der Waals surface area contributed by atoms with E-state index in [1.165, 1.54) is 104 Å². The van der Waals surface area contributed by atoms with E-state index in [0.717, 1.165) is 12.0 Å². The molecule has 6 aliphatic heterocycles. The van der Waals surface area contributed by atoms with Gasteiger partial charge in [-0.2, -0.15) is 0 Å². The SMILES string of the molecule is CN1CC2(CCNCC2C2CC3(CCN(C4N(C)CCC45CCCNC5)C3)CN2C)C1. The Hall–Kier alpha value is -0.240. The van der Waals surface area contributed by atoms with Crippen LogP contribution in [-0.4, -0.2) is 118 Å². The van der Waals surface area contributed by atoms with Crippen molar-refractivity contribution in [1.29, 1.82) is 0 Å². The molecule has 2 N–H and O–H groups in total. The van der Waals surface area contributed by atoms with Crippen molar-refractivity contribution in [3.63, 3.8) is 0 Å². The van der Waals surface area contributed by atoms with Gasteiger partial charge in [0.15, 0.2) is 0 Å². The second-order valence-electron chi connectivity index (χ2n) is 12.7. The molecule has 3 spiro atoms. The molecule has 0 saturated carbocycles. The lowest BCUT2D eigenvalue weighted by molar-refractivity contribution is -0.0739. The lowest BCUT2D eigenvalue weighted by Gasteiger charge is -2.58. The van der Waals surface area contributed by atoms with Crippen LogP contribution in [0.2, 0.25) is 0 Å². The third kappa shape index (κ3) is 3.35. The van der Waals surface area contributed by atoms with Gasteiger partial charge in [-0.05, 0) is 84.1 Å². The average Bonchev–Trinajstić information content (AvgIpc) is 3.38. The molecule has 0 aliphatic carbocycles. The highest BCUT2D eigenvalue weighted by Gasteiger charge is 2.58. The Bertz CT molecular complexity index is 660. The Morgan fingerprint density at radius 3 is 2.42 bits per heavy atom. The predicted molar refractivity (Wildman–Crippen MR) is 126 cm³/mol. The van der Waals surface area contributed by atoms with Crippen molar-refractivity contribution in [2.45, 2.75) is 50.7 Å². The molecule has 6 nitrogen and oxygen atoms in total. The topological polar surface area (TPSA) is 37.0 Å². The molecule has 0 aromatic carbocycles. The van der Waals surface area contributed by atoms with Gasteiger partial charge in [-0.3, -0.25) is 9.80 Å². The van der Waals surface area contributed by atoms with E-state index in [9.17, 15) is 0 Å². The van der Waals surface area contributed by atoms with Gasteiger partial charge in [0, 0.05) is 69.2 Å². The van der Waals surface area contributed by atoms with E-state index in [-0.39, 0.29) is 0 Å². The smallest absolute Gasteiger partial charge is 0.0691 e. The van der Waals surface area contributed by atoms with Crippen LogP contribution in [0.4, 0.5) is 0 Å². The number of hydrogen-bond acceptors (Lipinski definition) is 6. The zero-order valence-electron chi connectivity index (χ0n) is 20.3.